The molecule has 0 aliphatic carbocycles. The molecule has 0 spiro atoms. The Hall–Kier alpha value is -3.31. The summed E-state index contributed by atoms with van der Waals surface area (Å²) in [5.74, 6) is 7.19. The fourth-order valence-corrected chi connectivity index (χ4v) is 7.44. The maximum Gasteiger partial charge on any atom is 0.243 e. The first-order valence-corrected chi connectivity index (χ1v) is 13.5. The second-order valence-electron chi connectivity index (χ2n) is 9.39. The highest BCUT2D eigenvalue weighted by Gasteiger charge is 2.50. The first kappa shape index (κ1) is 24.4. The summed E-state index contributed by atoms with van der Waals surface area (Å²) in [5.41, 5.74) is 4.28. The third-order valence-electron chi connectivity index (χ3n) is 7.42. The Labute approximate surface area is 213 Å². The van der Waals surface area contributed by atoms with Gasteiger partial charge in [-0.25, -0.2) is 8.42 Å². The van der Waals surface area contributed by atoms with E-state index in [-0.39, 0.29) is 24.6 Å². The first-order chi connectivity index (χ1) is 17.3. The highest BCUT2D eigenvalue weighted by molar-refractivity contribution is 7.89. The first-order valence-electron chi connectivity index (χ1n) is 12.1. The number of likely N-dealkylation sites (N-methyl/N-ethyl adjacent to an activating group) is 1. The van der Waals surface area contributed by atoms with E-state index < -0.39 is 10.0 Å². The standard InChI is InChI=1S/C29H30N2O4S/c1-20-6-4-5-7-28(20)36(33,34)31-17-16-24-27(19-32)30(2)26-15-12-22(18-25(26)29(24)31)9-8-21-10-13-23(35-3)14-11-21/h4-7,10-15,18,24,27,29,32H,16-17,19H2,1-3H3/t24-,27-,29-/m1/s1. The number of aliphatic hydroxyl groups excluding tert-OH is 1. The molecular weight excluding hydrogens is 472 g/mol. The van der Waals surface area contributed by atoms with Gasteiger partial charge in [-0.15, -0.1) is 0 Å². The van der Waals surface area contributed by atoms with Gasteiger partial charge in [-0.3, -0.25) is 0 Å². The van der Waals surface area contributed by atoms with Crippen LogP contribution in [0.5, 0.6) is 5.75 Å². The molecule has 6 nitrogen and oxygen atoms in total. The second kappa shape index (κ2) is 9.62. The van der Waals surface area contributed by atoms with Crippen LogP contribution in [0.1, 0.15) is 34.7 Å². The number of anilines is 1. The molecule has 186 valence electrons. The lowest BCUT2D eigenvalue weighted by molar-refractivity contribution is 0.193. The van der Waals surface area contributed by atoms with Crippen LogP contribution < -0.4 is 9.64 Å². The van der Waals surface area contributed by atoms with Gasteiger partial charge in [0.1, 0.15) is 5.75 Å². The Kier molecular flexibility index (Phi) is 6.52. The minimum absolute atomic E-state index is 0.0175. The number of aliphatic hydroxyl groups is 1. The third-order valence-corrected chi connectivity index (χ3v) is 9.47. The molecule has 0 radical (unpaired) electrons. The lowest BCUT2D eigenvalue weighted by atomic mass is 9.82. The van der Waals surface area contributed by atoms with Crippen molar-refractivity contribution in [3.05, 3.63) is 89.0 Å². The molecule has 3 atom stereocenters. The summed E-state index contributed by atoms with van der Waals surface area (Å²) in [6, 6.07) is 20.1. The number of methoxy groups -OCH3 is 1. The number of hydrogen-bond acceptors (Lipinski definition) is 5. The Morgan fingerprint density at radius 1 is 1.03 bits per heavy atom. The Balaban J connectivity index is 1.57. The monoisotopic (exact) mass is 502 g/mol. The van der Waals surface area contributed by atoms with E-state index in [4.69, 9.17) is 4.74 Å². The quantitative estimate of drug-likeness (QED) is 0.547. The van der Waals surface area contributed by atoms with E-state index in [2.05, 4.69) is 16.7 Å². The molecule has 3 aromatic rings. The van der Waals surface area contributed by atoms with Crippen molar-refractivity contribution in [2.45, 2.75) is 30.3 Å². The van der Waals surface area contributed by atoms with E-state index >= 15 is 0 Å². The Morgan fingerprint density at radius 3 is 2.42 bits per heavy atom. The van der Waals surface area contributed by atoms with Gasteiger partial charge < -0.3 is 14.7 Å². The van der Waals surface area contributed by atoms with Gasteiger partial charge in [-0.05, 0) is 73.0 Å². The third kappa shape index (κ3) is 4.16. The smallest absolute Gasteiger partial charge is 0.243 e. The summed E-state index contributed by atoms with van der Waals surface area (Å²) in [7, 11) is -0.122. The number of fused-ring (bicyclic) bond motifs is 3. The van der Waals surface area contributed by atoms with E-state index in [9.17, 15) is 13.5 Å². The lowest BCUT2D eigenvalue weighted by Crippen LogP contribution is -2.48. The van der Waals surface area contributed by atoms with Crippen LogP contribution in [-0.2, 0) is 10.0 Å². The normalized spacial score (nSPS) is 21.3. The van der Waals surface area contributed by atoms with Crippen molar-refractivity contribution in [2.24, 2.45) is 5.92 Å². The predicted molar refractivity (Wildman–Crippen MR) is 141 cm³/mol. The van der Waals surface area contributed by atoms with Crippen molar-refractivity contribution < 1.29 is 18.3 Å². The Bertz CT molecular complexity index is 1440. The van der Waals surface area contributed by atoms with Crippen molar-refractivity contribution in [1.82, 2.24) is 4.31 Å². The number of nitrogens with zero attached hydrogens (tertiary/aromatic N) is 2. The average Bonchev–Trinajstić information content (AvgIpc) is 3.34. The van der Waals surface area contributed by atoms with Crippen molar-refractivity contribution in [3.63, 3.8) is 0 Å². The summed E-state index contributed by atoms with van der Waals surface area (Å²) in [5, 5.41) is 10.2. The van der Waals surface area contributed by atoms with Gasteiger partial charge in [-0.1, -0.05) is 30.0 Å². The second-order valence-corrected chi connectivity index (χ2v) is 11.3. The van der Waals surface area contributed by atoms with Gasteiger partial charge in [0.15, 0.2) is 0 Å². The zero-order valence-corrected chi connectivity index (χ0v) is 21.5. The van der Waals surface area contributed by atoms with Gasteiger partial charge in [0, 0.05) is 36.3 Å². The summed E-state index contributed by atoms with van der Waals surface area (Å²) >= 11 is 0. The SMILES string of the molecule is COc1ccc(C#Cc2ccc3c(c2)[C@H]2[C@H](CCN2S(=O)(=O)c2ccccc2C)[C@@H](CO)N3C)cc1. The average molecular weight is 503 g/mol. The van der Waals surface area contributed by atoms with E-state index in [1.807, 2.05) is 68.6 Å². The maximum absolute atomic E-state index is 13.9. The predicted octanol–water partition coefficient (Wildman–Crippen LogP) is 3.97. The van der Waals surface area contributed by atoms with Crippen LogP contribution >= 0.6 is 0 Å². The number of sulfonamides is 1. The lowest BCUT2D eigenvalue weighted by Gasteiger charge is -2.44. The maximum atomic E-state index is 13.9. The summed E-state index contributed by atoms with van der Waals surface area (Å²) in [6.45, 7) is 2.21. The summed E-state index contributed by atoms with van der Waals surface area (Å²) in [4.78, 5) is 2.42. The molecule has 2 aliphatic rings. The number of rotatable bonds is 4. The van der Waals surface area contributed by atoms with Crippen LogP contribution in [0, 0.1) is 24.7 Å². The fourth-order valence-electron chi connectivity index (χ4n) is 5.55. The molecule has 0 aromatic heterocycles. The molecule has 5 rings (SSSR count). The van der Waals surface area contributed by atoms with Gasteiger partial charge in [-0.2, -0.15) is 4.31 Å². The molecule has 1 saturated heterocycles. The van der Waals surface area contributed by atoms with Crippen LogP contribution in [-0.4, -0.2) is 51.2 Å². The summed E-state index contributed by atoms with van der Waals surface area (Å²) in [6.07, 6.45) is 0.687. The van der Waals surface area contributed by atoms with Gasteiger partial charge in [0.05, 0.1) is 30.7 Å². The van der Waals surface area contributed by atoms with Gasteiger partial charge >= 0.3 is 0 Å². The van der Waals surface area contributed by atoms with Crippen LogP contribution in [0.25, 0.3) is 0 Å². The number of ether oxygens (including phenoxy) is 1. The molecule has 1 N–H and O–H groups in total. The largest absolute Gasteiger partial charge is 0.497 e. The summed E-state index contributed by atoms with van der Waals surface area (Å²) < 4.78 is 34.6. The molecule has 1 fully saturated rings. The fraction of sp³-hybridized carbons (Fsp3) is 0.310. The molecular formula is C29H30N2O4S. The molecule has 0 unspecified atom stereocenters. The van der Waals surface area contributed by atoms with Crippen LogP contribution in [0.2, 0.25) is 0 Å². The molecule has 3 aromatic carbocycles. The Morgan fingerprint density at radius 2 is 1.72 bits per heavy atom. The number of aryl methyl sites for hydroxylation is 1. The van der Waals surface area contributed by atoms with Crippen LogP contribution in [0.3, 0.4) is 0 Å². The van der Waals surface area contributed by atoms with Crippen LogP contribution in [0.4, 0.5) is 5.69 Å². The molecule has 7 heteroatoms. The topological polar surface area (TPSA) is 70.1 Å². The van der Waals surface area contributed by atoms with Crippen molar-refractivity contribution in [2.75, 3.05) is 32.2 Å². The van der Waals surface area contributed by atoms with Crippen molar-refractivity contribution in [3.8, 4) is 17.6 Å². The van der Waals surface area contributed by atoms with Crippen LogP contribution in [0.15, 0.2) is 71.6 Å². The van der Waals surface area contributed by atoms with Gasteiger partial charge in [0.25, 0.3) is 0 Å². The highest BCUT2D eigenvalue weighted by atomic mass is 32.2. The van der Waals surface area contributed by atoms with E-state index in [0.29, 0.717) is 17.9 Å². The zero-order chi connectivity index (χ0) is 25.4. The molecule has 2 aliphatic heterocycles. The van der Waals surface area contributed by atoms with Crippen molar-refractivity contribution in [1.29, 1.82) is 0 Å². The van der Waals surface area contributed by atoms with Gasteiger partial charge in [0.2, 0.25) is 10.0 Å². The molecule has 0 amide bonds. The molecule has 36 heavy (non-hydrogen) atoms. The number of benzene rings is 3. The minimum atomic E-state index is -3.72. The zero-order valence-electron chi connectivity index (χ0n) is 20.7. The molecule has 0 saturated carbocycles. The highest BCUT2D eigenvalue weighted by Crippen LogP contribution is 2.50. The van der Waals surface area contributed by atoms with E-state index in [1.165, 1.54) is 0 Å². The number of hydrogen-bond donors (Lipinski definition) is 1. The minimum Gasteiger partial charge on any atom is -0.497 e. The van der Waals surface area contributed by atoms with E-state index in [1.54, 1.807) is 23.5 Å². The molecule has 0 bridgehead atoms. The van der Waals surface area contributed by atoms with E-state index in [0.717, 1.165) is 33.7 Å². The molecule has 2 heterocycles. The van der Waals surface area contributed by atoms with Crippen molar-refractivity contribution >= 4 is 15.7 Å².